The number of anilines is 1. The lowest BCUT2D eigenvalue weighted by Crippen LogP contribution is -2.32. The van der Waals surface area contributed by atoms with Crippen LogP contribution in [0.3, 0.4) is 0 Å². The van der Waals surface area contributed by atoms with Gasteiger partial charge < -0.3 is 21.5 Å². The molecule has 0 saturated carbocycles. The van der Waals surface area contributed by atoms with Crippen molar-refractivity contribution in [2.24, 2.45) is 23.3 Å². The number of carbonyl (C=O) groups excluding carboxylic acids is 1. The molecule has 0 spiro atoms. The van der Waals surface area contributed by atoms with E-state index in [0.29, 0.717) is 23.9 Å². The Labute approximate surface area is 113 Å². The second-order valence-electron chi connectivity index (χ2n) is 5.26. The van der Waals surface area contributed by atoms with Crippen LogP contribution in [0.15, 0.2) is 18.2 Å². The van der Waals surface area contributed by atoms with Gasteiger partial charge in [0.05, 0.1) is 5.69 Å². The average Bonchev–Trinajstić information content (AvgIpc) is 2.38. The highest BCUT2D eigenvalue weighted by Crippen LogP contribution is 2.33. The Balaban J connectivity index is 2.26. The largest absolute Gasteiger partial charge is 0.482 e. The summed E-state index contributed by atoms with van der Waals surface area (Å²) in [5, 5.41) is 2.79. The molecular weight excluding hydrogens is 242 g/mol. The number of nitrogens with two attached hydrogens (primary N) is 2. The first-order chi connectivity index (χ1) is 9.02. The third-order valence-electron chi connectivity index (χ3n) is 3.61. The monoisotopic (exact) mass is 263 g/mol. The van der Waals surface area contributed by atoms with Crippen LogP contribution >= 0.6 is 0 Å². The SMILES string of the molecule is CC(C)C(CN)C(N)c1ccc2c(c1)NC(=O)CO2. The zero-order chi connectivity index (χ0) is 14.0. The first-order valence-corrected chi connectivity index (χ1v) is 6.55. The molecule has 0 fully saturated rings. The van der Waals surface area contributed by atoms with Crippen molar-refractivity contribution < 1.29 is 9.53 Å². The number of ether oxygens (including phenoxy) is 1. The van der Waals surface area contributed by atoms with E-state index in [1.54, 1.807) is 0 Å². The molecule has 19 heavy (non-hydrogen) atoms. The smallest absolute Gasteiger partial charge is 0.262 e. The summed E-state index contributed by atoms with van der Waals surface area (Å²) in [6.45, 7) is 4.83. The van der Waals surface area contributed by atoms with Crippen LogP contribution in [-0.4, -0.2) is 19.1 Å². The van der Waals surface area contributed by atoms with E-state index in [2.05, 4.69) is 19.2 Å². The molecule has 0 aromatic heterocycles. The van der Waals surface area contributed by atoms with E-state index in [0.717, 1.165) is 5.56 Å². The first kappa shape index (κ1) is 13.8. The van der Waals surface area contributed by atoms with Gasteiger partial charge in [-0.25, -0.2) is 0 Å². The number of benzene rings is 1. The molecule has 1 heterocycles. The molecule has 2 atom stereocenters. The Hall–Kier alpha value is -1.59. The van der Waals surface area contributed by atoms with Gasteiger partial charge in [-0.1, -0.05) is 19.9 Å². The van der Waals surface area contributed by atoms with Gasteiger partial charge in [0.25, 0.3) is 5.91 Å². The fraction of sp³-hybridized carbons (Fsp3) is 0.500. The number of carbonyl (C=O) groups is 1. The third-order valence-corrected chi connectivity index (χ3v) is 3.61. The molecule has 1 aliphatic heterocycles. The molecule has 0 aliphatic carbocycles. The molecular formula is C14H21N3O2. The van der Waals surface area contributed by atoms with Crippen LogP contribution in [0.5, 0.6) is 5.75 Å². The molecule has 5 heteroatoms. The van der Waals surface area contributed by atoms with E-state index in [1.807, 2.05) is 18.2 Å². The number of fused-ring (bicyclic) bond motifs is 1. The van der Waals surface area contributed by atoms with Gasteiger partial charge in [0.1, 0.15) is 5.75 Å². The molecule has 0 bridgehead atoms. The lowest BCUT2D eigenvalue weighted by molar-refractivity contribution is -0.118. The van der Waals surface area contributed by atoms with E-state index >= 15 is 0 Å². The topological polar surface area (TPSA) is 90.4 Å². The van der Waals surface area contributed by atoms with Crippen molar-refractivity contribution in [2.75, 3.05) is 18.5 Å². The van der Waals surface area contributed by atoms with Crippen molar-refractivity contribution in [1.29, 1.82) is 0 Å². The zero-order valence-electron chi connectivity index (χ0n) is 11.3. The van der Waals surface area contributed by atoms with Crippen LogP contribution in [0.4, 0.5) is 5.69 Å². The van der Waals surface area contributed by atoms with Gasteiger partial charge >= 0.3 is 0 Å². The molecule has 1 aromatic rings. The predicted octanol–water partition coefficient (Wildman–Crippen LogP) is 1.25. The average molecular weight is 263 g/mol. The normalized spacial score (nSPS) is 17.4. The maximum Gasteiger partial charge on any atom is 0.262 e. The minimum absolute atomic E-state index is 0.0653. The Kier molecular flexibility index (Phi) is 4.07. The molecule has 0 saturated heterocycles. The molecule has 5 N–H and O–H groups in total. The highest BCUT2D eigenvalue weighted by atomic mass is 16.5. The van der Waals surface area contributed by atoms with Crippen LogP contribution < -0.4 is 21.5 Å². The predicted molar refractivity (Wildman–Crippen MR) is 74.9 cm³/mol. The molecule has 5 nitrogen and oxygen atoms in total. The fourth-order valence-electron chi connectivity index (χ4n) is 2.39. The zero-order valence-corrected chi connectivity index (χ0v) is 11.3. The Bertz CT molecular complexity index is 474. The maximum atomic E-state index is 11.3. The highest BCUT2D eigenvalue weighted by Gasteiger charge is 2.23. The van der Waals surface area contributed by atoms with Gasteiger partial charge in [-0.15, -0.1) is 0 Å². The van der Waals surface area contributed by atoms with Crippen molar-refractivity contribution in [3.63, 3.8) is 0 Å². The van der Waals surface area contributed by atoms with Gasteiger partial charge in [-0.05, 0) is 36.1 Å². The quantitative estimate of drug-likeness (QED) is 0.762. The Morgan fingerprint density at radius 2 is 2.16 bits per heavy atom. The van der Waals surface area contributed by atoms with E-state index in [1.165, 1.54) is 0 Å². The van der Waals surface area contributed by atoms with E-state index in [4.69, 9.17) is 16.2 Å². The summed E-state index contributed by atoms with van der Waals surface area (Å²) in [6.07, 6.45) is 0. The lowest BCUT2D eigenvalue weighted by Gasteiger charge is -2.27. The molecule has 1 aliphatic rings. The molecule has 2 unspecified atom stereocenters. The molecule has 2 rings (SSSR count). The van der Waals surface area contributed by atoms with Gasteiger partial charge in [0.2, 0.25) is 0 Å². The number of rotatable bonds is 4. The fourth-order valence-corrected chi connectivity index (χ4v) is 2.39. The molecule has 0 radical (unpaired) electrons. The summed E-state index contributed by atoms with van der Waals surface area (Å²) in [7, 11) is 0. The number of nitrogens with one attached hydrogen (secondary N) is 1. The van der Waals surface area contributed by atoms with Crippen LogP contribution in [0.1, 0.15) is 25.5 Å². The van der Waals surface area contributed by atoms with E-state index < -0.39 is 0 Å². The second kappa shape index (κ2) is 5.59. The third kappa shape index (κ3) is 2.88. The second-order valence-corrected chi connectivity index (χ2v) is 5.26. The standard InChI is InChI=1S/C14H21N3O2/c1-8(2)10(6-15)14(16)9-3-4-12-11(5-9)17-13(18)7-19-12/h3-5,8,10,14H,6-7,15-16H2,1-2H3,(H,17,18). The Morgan fingerprint density at radius 1 is 1.42 bits per heavy atom. The van der Waals surface area contributed by atoms with Crippen molar-refractivity contribution in [2.45, 2.75) is 19.9 Å². The summed E-state index contributed by atoms with van der Waals surface area (Å²) in [6, 6.07) is 5.51. The summed E-state index contributed by atoms with van der Waals surface area (Å²) < 4.78 is 5.33. The molecule has 104 valence electrons. The summed E-state index contributed by atoms with van der Waals surface area (Å²) >= 11 is 0. The van der Waals surface area contributed by atoms with Gasteiger partial charge in [-0.2, -0.15) is 0 Å². The Morgan fingerprint density at radius 3 is 2.79 bits per heavy atom. The van der Waals surface area contributed by atoms with Crippen LogP contribution in [0.2, 0.25) is 0 Å². The van der Waals surface area contributed by atoms with E-state index in [9.17, 15) is 4.79 Å². The van der Waals surface area contributed by atoms with Gasteiger partial charge in [0, 0.05) is 6.04 Å². The lowest BCUT2D eigenvalue weighted by atomic mass is 9.85. The van der Waals surface area contributed by atoms with Crippen molar-refractivity contribution in [3.8, 4) is 5.75 Å². The number of hydrogen-bond donors (Lipinski definition) is 3. The summed E-state index contributed by atoms with van der Waals surface area (Å²) in [5.41, 5.74) is 13.7. The van der Waals surface area contributed by atoms with Crippen LogP contribution in [-0.2, 0) is 4.79 Å². The van der Waals surface area contributed by atoms with Crippen molar-refractivity contribution in [3.05, 3.63) is 23.8 Å². The number of hydrogen-bond acceptors (Lipinski definition) is 4. The van der Waals surface area contributed by atoms with E-state index in [-0.39, 0.29) is 24.5 Å². The minimum Gasteiger partial charge on any atom is -0.482 e. The highest BCUT2D eigenvalue weighted by molar-refractivity contribution is 5.95. The summed E-state index contributed by atoms with van der Waals surface area (Å²) in [5.74, 6) is 1.15. The van der Waals surface area contributed by atoms with Crippen molar-refractivity contribution in [1.82, 2.24) is 0 Å². The maximum absolute atomic E-state index is 11.3. The van der Waals surface area contributed by atoms with Crippen LogP contribution in [0, 0.1) is 11.8 Å². The molecule has 1 amide bonds. The van der Waals surface area contributed by atoms with Gasteiger partial charge in [-0.3, -0.25) is 4.79 Å². The number of amides is 1. The summed E-state index contributed by atoms with van der Waals surface area (Å²) in [4.78, 5) is 11.3. The van der Waals surface area contributed by atoms with Crippen molar-refractivity contribution >= 4 is 11.6 Å². The molecule has 1 aromatic carbocycles. The van der Waals surface area contributed by atoms with Gasteiger partial charge in [0.15, 0.2) is 6.61 Å². The first-order valence-electron chi connectivity index (χ1n) is 6.55. The minimum atomic E-state index is -0.144. The van der Waals surface area contributed by atoms with Crippen LogP contribution in [0.25, 0.3) is 0 Å².